The minimum atomic E-state index is 0. The average molecular weight is 384 g/mol. The van der Waals surface area contributed by atoms with Crippen molar-refractivity contribution < 1.29 is 48.9 Å². The maximum absolute atomic E-state index is 3.25. The molecule has 0 heterocycles. The number of rotatable bonds is 0. The molecule has 0 aromatic heterocycles. The van der Waals surface area contributed by atoms with E-state index in [9.17, 15) is 0 Å². The Hall–Kier alpha value is -0.171. The van der Waals surface area contributed by atoms with Crippen LogP contribution in [0.25, 0.3) is 0 Å². The fraction of sp³-hybridized carbons (Fsp3) is 0.200. The Bertz CT molecular complexity index is 191. The molecule has 2 aromatic rings. The third-order valence-electron chi connectivity index (χ3n) is 1.21. The van der Waals surface area contributed by atoms with E-state index < -0.39 is 0 Å². The summed E-state index contributed by atoms with van der Waals surface area (Å²) in [7, 11) is 0. The van der Waals surface area contributed by atoms with Crippen LogP contribution in [0.1, 0.15) is 27.7 Å². The average Bonchev–Trinajstić information content (AvgIpc) is 2.65. The minimum Gasteiger partial charge on any atom is -0.412 e. The fourth-order valence-corrected chi connectivity index (χ4v) is 0.684. The van der Waals surface area contributed by atoms with Crippen molar-refractivity contribution in [2.45, 2.75) is 27.7 Å². The van der Waals surface area contributed by atoms with E-state index in [0.29, 0.717) is 0 Å². The Morgan fingerprint density at radius 3 is 0.652 bits per heavy atom. The maximum Gasteiger partial charge on any atom is 3.00 e. The molecule has 0 saturated heterocycles. The Balaban J connectivity index is -0.0000000287. The topological polar surface area (TPSA) is 31.5 Å². The normalized spacial score (nSPS) is 5.22. The fourth-order valence-electron chi connectivity index (χ4n) is 0.684. The van der Waals surface area contributed by atoms with E-state index in [4.69, 9.17) is 0 Å². The summed E-state index contributed by atoms with van der Waals surface area (Å²) in [5.74, 6) is 0. The molecule has 0 spiro atoms. The summed E-state index contributed by atoms with van der Waals surface area (Å²) in [5, 5.41) is 0. The first kappa shape index (κ1) is 43.4. The molecule has 23 heavy (non-hydrogen) atoms. The molecule has 0 atom stereocenters. The van der Waals surface area contributed by atoms with Crippen molar-refractivity contribution in [1.82, 2.24) is 0 Å². The summed E-state index contributed by atoms with van der Waals surface area (Å²) < 4.78 is 0. The first-order chi connectivity index (χ1) is 10.0. The molecular weight excluding hydrogens is 352 g/mol. The van der Waals surface area contributed by atoms with Gasteiger partial charge in [0.2, 0.25) is 0 Å². The molecule has 0 amide bonds. The second kappa shape index (κ2) is 67.7. The van der Waals surface area contributed by atoms with Gasteiger partial charge >= 0.3 is 43.4 Å². The standard InChI is InChI=1S/2C6H5.4C2H5.H2O.2Ti/c2*1-2-4-6-5-3-1;4*1-2;;;/h2*1-5H;4*1H2,2H3;1H2;;/q6*-1;;2*+3. The van der Waals surface area contributed by atoms with Gasteiger partial charge in [-0.15, -0.1) is 0 Å². The molecule has 2 rings (SSSR count). The second-order valence-electron chi connectivity index (χ2n) is 2.15. The smallest absolute Gasteiger partial charge is 0.412 e. The second-order valence-corrected chi connectivity index (χ2v) is 2.15. The van der Waals surface area contributed by atoms with Crippen LogP contribution in [0.2, 0.25) is 0 Å². The van der Waals surface area contributed by atoms with E-state index in [1.807, 2.05) is 60.7 Å². The van der Waals surface area contributed by atoms with Crippen LogP contribution in [0.15, 0.2) is 60.7 Å². The van der Waals surface area contributed by atoms with Gasteiger partial charge < -0.3 is 33.2 Å². The largest absolute Gasteiger partial charge is 3.00 e. The van der Waals surface area contributed by atoms with E-state index in [0.717, 1.165) is 0 Å². The summed E-state index contributed by atoms with van der Waals surface area (Å²) in [4.78, 5) is 0. The zero-order valence-corrected chi connectivity index (χ0v) is 18.2. The van der Waals surface area contributed by atoms with Crippen LogP contribution in [0, 0.1) is 39.8 Å². The molecular formula is C20H32OTi2. The van der Waals surface area contributed by atoms with Crippen molar-refractivity contribution in [3.05, 3.63) is 100 Å². The van der Waals surface area contributed by atoms with E-state index in [1.54, 1.807) is 27.7 Å². The molecule has 1 nitrogen and oxygen atoms in total. The van der Waals surface area contributed by atoms with E-state index in [-0.39, 0.29) is 48.9 Å². The Kier molecular flexibility index (Phi) is 128. The van der Waals surface area contributed by atoms with Crippen molar-refractivity contribution >= 4 is 0 Å². The summed E-state index contributed by atoms with van der Waals surface area (Å²) in [6.07, 6.45) is 0. The van der Waals surface area contributed by atoms with Gasteiger partial charge in [-0.05, 0) is 0 Å². The van der Waals surface area contributed by atoms with Gasteiger partial charge in [0.05, 0.1) is 0 Å². The van der Waals surface area contributed by atoms with Gasteiger partial charge in [-0.3, -0.25) is 0 Å². The van der Waals surface area contributed by atoms with Crippen molar-refractivity contribution in [2.24, 2.45) is 0 Å². The van der Waals surface area contributed by atoms with Gasteiger partial charge in [-0.2, -0.15) is 100 Å². The van der Waals surface area contributed by atoms with E-state index >= 15 is 0 Å². The molecule has 0 saturated carbocycles. The Morgan fingerprint density at radius 2 is 0.609 bits per heavy atom. The maximum atomic E-state index is 3.25. The van der Waals surface area contributed by atoms with Gasteiger partial charge in [-0.25, -0.2) is 0 Å². The molecule has 3 heteroatoms. The molecule has 0 bridgehead atoms. The van der Waals surface area contributed by atoms with Gasteiger partial charge in [-0.1, -0.05) is 0 Å². The van der Waals surface area contributed by atoms with Gasteiger partial charge in [0, 0.05) is 0 Å². The number of benzene rings is 2. The van der Waals surface area contributed by atoms with Gasteiger partial charge in [0.1, 0.15) is 0 Å². The van der Waals surface area contributed by atoms with Crippen LogP contribution in [0.4, 0.5) is 0 Å². The van der Waals surface area contributed by atoms with Crippen LogP contribution >= 0.6 is 0 Å². The molecule has 2 aromatic carbocycles. The van der Waals surface area contributed by atoms with Crippen LogP contribution < -0.4 is 0 Å². The Morgan fingerprint density at radius 1 is 0.435 bits per heavy atom. The van der Waals surface area contributed by atoms with E-state index in [2.05, 4.69) is 39.8 Å². The zero-order valence-electron chi connectivity index (χ0n) is 15.1. The van der Waals surface area contributed by atoms with Crippen molar-refractivity contribution in [3.63, 3.8) is 0 Å². The molecule has 0 aliphatic rings. The summed E-state index contributed by atoms with van der Waals surface area (Å²) in [5.41, 5.74) is 0. The molecule has 2 N–H and O–H groups in total. The molecule has 0 unspecified atom stereocenters. The molecule has 0 aliphatic carbocycles. The summed E-state index contributed by atoms with van der Waals surface area (Å²) in [6.45, 7) is 20.0. The van der Waals surface area contributed by atoms with Crippen molar-refractivity contribution in [1.29, 1.82) is 0 Å². The quantitative estimate of drug-likeness (QED) is 0.424. The van der Waals surface area contributed by atoms with Crippen molar-refractivity contribution in [2.75, 3.05) is 0 Å². The third-order valence-corrected chi connectivity index (χ3v) is 1.21. The summed E-state index contributed by atoms with van der Waals surface area (Å²) >= 11 is 0. The predicted molar refractivity (Wildman–Crippen MR) is 98.3 cm³/mol. The first-order valence-corrected chi connectivity index (χ1v) is 6.65. The Labute approximate surface area is 176 Å². The molecule has 0 fully saturated rings. The first-order valence-electron chi connectivity index (χ1n) is 6.65. The minimum absolute atomic E-state index is 0. The predicted octanol–water partition coefficient (Wildman–Crippen LogP) is 5.51. The molecule has 2 radical (unpaired) electrons. The van der Waals surface area contributed by atoms with Gasteiger partial charge in [0.15, 0.2) is 0 Å². The van der Waals surface area contributed by atoms with E-state index in [1.165, 1.54) is 0 Å². The zero-order chi connectivity index (χ0) is 16.5. The number of hydrogen-bond acceptors (Lipinski definition) is 0. The van der Waals surface area contributed by atoms with Crippen molar-refractivity contribution in [3.8, 4) is 0 Å². The number of hydrogen-bond donors (Lipinski definition) is 0. The third kappa shape index (κ3) is 61.3. The summed E-state index contributed by atoms with van der Waals surface area (Å²) in [6, 6.07) is 25.0. The van der Waals surface area contributed by atoms with Crippen LogP contribution in [0.3, 0.4) is 0 Å². The SMILES string of the molecule is O.[CH2-]C.[CH2-]C.[CH2-]C.[CH2-]C.[Ti+3].[Ti+3].[c-]1ccccc1.[c-]1ccccc1. The van der Waals surface area contributed by atoms with Crippen LogP contribution in [-0.2, 0) is 43.4 Å². The monoisotopic (exact) mass is 384 g/mol. The molecule has 0 aliphatic heterocycles. The molecule has 126 valence electrons. The van der Waals surface area contributed by atoms with Crippen LogP contribution in [-0.4, -0.2) is 5.48 Å². The van der Waals surface area contributed by atoms with Crippen LogP contribution in [0.5, 0.6) is 0 Å². The van der Waals surface area contributed by atoms with Gasteiger partial charge in [0.25, 0.3) is 0 Å².